The minimum Gasteiger partial charge on any atom is -0.340 e. The standard InChI is InChI=1S/C22H27ClN6O2/c1-12(30)28-10-13-4-14(28)5-18(13)26-21(31)27-20-6-15(17(23)9-24-20)16-8-25-29-11-22(2,3)7-19(16)29/h6,8-9,13-14,18H,4-5,7,10-11H2,1-3H3,(H2,24,26,27,31)/t13-,14+,18+/m1/s1. The van der Waals surface area contributed by atoms with Crippen LogP contribution in [0.3, 0.4) is 0 Å². The third-order valence-corrected chi connectivity index (χ3v) is 7.12. The molecule has 1 aliphatic carbocycles. The van der Waals surface area contributed by atoms with Gasteiger partial charge in [-0.2, -0.15) is 5.10 Å². The Labute approximate surface area is 186 Å². The van der Waals surface area contributed by atoms with Crippen LogP contribution in [0.4, 0.5) is 10.6 Å². The highest BCUT2D eigenvalue weighted by Gasteiger charge is 2.46. The number of aromatic nitrogens is 3. The molecule has 8 nitrogen and oxygen atoms in total. The summed E-state index contributed by atoms with van der Waals surface area (Å²) in [5, 5.41) is 11.0. The van der Waals surface area contributed by atoms with E-state index in [0.717, 1.165) is 49.2 Å². The first-order valence-corrected chi connectivity index (χ1v) is 11.1. The van der Waals surface area contributed by atoms with Crippen LogP contribution in [0.25, 0.3) is 11.1 Å². The average molecular weight is 443 g/mol. The number of fused-ring (bicyclic) bond motifs is 3. The number of rotatable bonds is 3. The molecule has 2 aromatic heterocycles. The predicted octanol–water partition coefficient (Wildman–Crippen LogP) is 3.31. The van der Waals surface area contributed by atoms with Crippen LogP contribution in [0.2, 0.25) is 5.02 Å². The van der Waals surface area contributed by atoms with Crippen molar-refractivity contribution in [1.82, 2.24) is 25.0 Å². The summed E-state index contributed by atoms with van der Waals surface area (Å²) in [4.78, 5) is 30.5. The van der Waals surface area contributed by atoms with Gasteiger partial charge in [0, 0.05) is 55.1 Å². The number of piperidine rings is 1. The highest BCUT2D eigenvalue weighted by molar-refractivity contribution is 6.33. The Kier molecular flexibility index (Phi) is 4.73. The van der Waals surface area contributed by atoms with E-state index in [2.05, 4.69) is 34.6 Å². The molecule has 5 rings (SSSR count). The van der Waals surface area contributed by atoms with E-state index >= 15 is 0 Å². The maximum absolute atomic E-state index is 12.6. The molecule has 31 heavy (non-hydrogen) atoms. The van der Waals surface area contributed by atoms with E-state index in [1.54, 1.807) is 13.1 Å². The maximum Gasteiger partial charge on any atom is 0.320 e. The molecule has 4 heterocycles. The quantitative estimate of drug-likeness (QED) is 0.762. The molecule has 1 saturated heterocycles. The van der Waals surface area contributed by atoms with Crippen molar-refractivity contribution in [3.05, 3.63) is 29.2 Å². The summed E-state index contributed by atoms with van der Waals surface area (Å²) in [5.41, 5.74) is 3.13. The van der Waals surface area contributed by atoms with Crippen molar-refractivity contribution < 1.29 is 9.59 Å². The van der Waals surface area contributed by atoms with Gasteiger partial charge in [-0.05, 0) is 36.7 Å². The number of anilines is 1. The predicted molar refractivity (Wildman–Crippen MR) is 118 cm³/mol. The fraction of sp³-hybridized carbons (Fsp3) is 0.545. The van der Waals surface area contributed by atoms with Crippen molar-refractivity contribution in [3.8, 4) is 11.1 Å². The van der Waals surface area contributed by atoms with Crippen LogP contribution in [0.1, 0.15) is 39.3 Å². The number of pyridine rings is 1. The molecule has 3 aliphatic rings. The van der Waals surface area contributed by atoms with E-state index in [1.807, 2.05) is 21.8 Å². The van der Waals surface area contributed by atoms with Gasteiger partial charge in [0.1, 0.15) is 5.82 Å². The van der Waals surface area contributed by atoms with Gasteiger partial charge in [-0.25, -0.2) is 9.78 Å². The Hall–Kier alpha value is -2.61. The topological polar surface area (TPSA) is 92.2 Å². The van der Waals surface area contributed by atoms with Crippen LogP contribution in [-0.4, -0.2) is 50.2 Å². The summed E-state index contributed by atoms with van der Waals surface area (Å²) in [6.07, 6.45) is 6.09. The van der Waals surface area contributed by atoms with Gasteiger partial charge in [-0.3, -0.25) is 14.8 Å². The van der Waals surface area contributed by atoms with Crippen LogP contribution >= 0.6 is 11.6 Å². The van der Waals surface area contributed by atoms with Crippen molar-refractivity contribution in [2.45, 2.75) is 58.7 Å². The Morgan fingerprint density at radius 1 is 1.23 bits per heavy atom. The first kappa shape index (κ1) is 20.3. The zero-order valence-corrected chi connectivity index (χ0v) is 18.7. The second-order valence-corrected chi connectivity index (χ2v) is 10.2. The highest BCUT2D eigenvalue weighted by atomic mass is 35.5. The molecule has 2 N–H and O–H groups in total. The average Bonchev–Trinajstić information content (AvgIpc) is 3.42. The molecular weight excluding hydrogens is 416 g/mol. The minimum absolute atomic E-state index is 0.0774. The summed E-state index contributed by atoms with van der Waals surface area (Å²) in [7, 11) is 0. The fourth-order valence-electron chi connectivity index (χ4n) is 5.42. The number of amides is 3. The zero-order valence-electron chi connectivity index (χ0n) is 18.0. The van der Waals surface area contributed by atoms with Gasteiger partial charge in [-0.1, -0.05) is 25.4 Å². The van der Waals surface area contributed by atoms with Gasteiger partial charge in [0.15, 0.2) is 0 Å². The van der Waals surface area contributed by atoms with Crippen molar-refractivity contribution >= 4 is 29.4 Å². The number of hydrogen-bond acceptors (Lipinski definition) is 4. The lowest BCUT2D eigenvalue weighted by molar-refractivity contribution is -0.130. The van der Waals surface area contributed by atoms with E-state index in [1.165, 1.54) is 0 Å². The van der Waals surface area contributed by atoms with Crippen molar-refractivity contribution in [3.63, 3.8) is 0 Å². The lowest BCUT2D eigenvalue weighted by Crippen LogP contribution is -2.48. The Balaban J connectivity index is 1.28. The molecule has 0 unspecified atom stereocenters. The van der Waals surface area contributed by atoms with E-state index < -0.39 is 0 Å². The number of hydrogen-bond donors (Lipinski definition) is 2. The summed E-state index contributed by atoms with van der Waals surface area (Å²) < 4.78 is 2.03. The number of halogens is 1. The number of urea groups is 1. The highest BCUT2D eigenvalue weighted by Crippen LogP contribution is 2.40. The minimum atomic E-state index is -0.283. The first-order chi connectivity index (χ1) is 14.7. The van der Waals surface area contributed by atoms with Crippen LogP contribution in [0.5, 0.6) is 0 Å². The fourth-order valence-corrected chi connectivity index (χ4v) is 5.63. The first-order valence-electron chi connectivity index (χ1n) is 10.8. The molecule has 0 aromatic carbocycles. The largest absolute Gasteiger partial charge is 0.340 e. The van der Waals surface area contributed by atoms with Gasteiger partial charge >= 0.3 is 6.03 Å². The number of nitrogens with one attached hydrogen (secondary N) is 2. The van der Waals surface area contributed by atoms with Crippen molar-refractivity contribution in [1.29, 1.82) is 0 Å². The van der Waals surface area contributed by atoms with E-state index in [9.17, 15) is 9.59 Å². The molecule has 2 aliphatic heterocycles. The van der Waals surface area contributed by atoms with Gasteiger partial charge < -0.3 is 10.2 Å². The van der Waals surface area contributed by atoms with Crippen LogP contribution < -0.4 is 10.6 Å². The molecule has 2 aromatic rings. The molecule has 2 fully saturated rings. The summed E-state index contributed by atoms with van der Waals surface area (Å²) in [6, 6.07) is 1.84. The second kappa shape index (κ2) is 7.22. The smallest absolute Gasteiger partial charge is 0.320 e. The summed E-state index contributed by atoms with van der Waals surface area (Å²) in [6.45, 7) is 7.65. The zero-order chi connectivity index (χ0) is 21.9. The molecule has 9 heteroatoms. The van der Waals surface area contributed by atoms with Gasteiger partial charge in [0.2, 0.25) is 5.91 Å². The van der Waals surface area contributed by atoms with E-state index in [-0.39, 0.29) is 29.4 Å². The summed E-state index contributed by atoms with van der Waals surface area (Å²) >= 11 is 6.46. The molecular formula is C22H27ClN6O2. The van der Waals surface area contributed by atoms with E-state index in [0.29, 0.717) is 16.8 Å². The monoisotopic (exact) mass is 442 g/mol. The summed E-state index contributed by atoms with van der Waals surface area (Å²) in [5.74, 6) is 0.873. The van der Waals surface area contributed by atoms with Gasteiger partial charge in [0.05, 0.1) is 11.2 Å². The molecule has 0 spiro atoms. The Bertz CT molecular complexity index is 1060. The van der Waals surface area contributed by atoms with Gasteiger partial charge in [0.25, 0.3) is 0 Å². The van der Waals surface area contributed by atoms with E-state index in [4.69, 9.17) is 11.6 Å². The Morgan fingerprint density at radius 3 is 2.74 bits per heavy atom. The maximum atomic E-state index is 12.6. The normalized spacial score (nSPS) is 25.5. The lowest BCUT2D eigenvalue weighted by Gasteiger charge is -2.31. The number of carbonyl (C=O) groups is 2. The van der Waals surface area contributed by atoms with Crippen LogP contribution in [0.15, 0.2) is 18.5 Å². The molecule has 1 saturated carbocycles. The van der Waals surface area contributed by atoms with Crippen LogP contribution in [0, 0.1) is 11.3 Å². The van der Waals surface area contributed by atoms with Crippen molar-refractivity contribution in [2.24, 2.45) is 11.3 Å². The molecule has 3 atom stereocenters. The molecule has 0 radical (unpaired) electrons. The third kappa shape index (κ3) is 3.67. The molecule has 3 amide bonds. The number of likely N-dealkylation sites (tertiary alicyclic amines) is 1. The molecule has 2 bridgehead atoms. The molecule has 164 valence electrons. The van der Waals surface area contributed by atoms with Gasteiger partial charge in [-0.15, -0.1) is 0 Å². The number of nitrogens with zero attached hydrogens (tertiary/aromatic N) is 4. The van der Waals surface area contributed by atoms with Crippen molar-refractivity contribution in [2.75, 3.05) is 11.9 Å². The second-order valence-electron chi connectivity index (χ2n) is 9.81. The SMILES string of the molecule is CC(=O)N1C[C@H]2C[C@H]1C[C@@H]2NC(=O)Nc1cc(-c2cnn3c2CC(C)(C)C3)c(Cl)cn1. The third-order valence-electron chi connectivity index (χ3n) is 6.82. The lowest BCUT2D eigenvalue weighted by atomic mass is 9.89. The van der Waals surface area contributed by atoms with Crippen LogP contribution in [-0.2, 0) is 17.8 Å². The Morgan fingerprint density at radius 2 is 2.03 bits per heavy atom. The number of carbonyl (C=O) groups excluding carboxylic acids is 2.